The third-order valence-electron chi connectivity index (χ3n) is 1.58. The van der Waals surface area contributed by atoms with Crippen LogP contribution in [0.15, 0.2) is 18.5 Å². The van der Waals surface area contributed by atoms with Crippen LogP contribution in [0.1, 0.15) is 0 Å². The molecule has 0 unspecified atom stereocenters. The van der Waals surface area contributed by atoms with Crippen LogP contribution in [0, 0.1) is 5.82 Å². The van der Waals surface area contributed by atoms with Crippen LogP contribution in [0.4, 0.5) is 4.39 Å². The van der Waals surface area contributed by atoms with Crippen LogP contribution < -0.4 is 5.19 Å². The van der Waals surface area contributed by atoms with Gasteiger partial charge >= 0.3 is 0 Å². The van der Waals surface area contributed by atoms with Gasteiger partial charge in [0.1, 0.15) is 5.82 Å². The fourth-order valence-corrected chi connectivity index (χ4v) is 2.19. The lowest BCUT2D eigenvalue weighted by atomic mass is 10.5. The highest BCUT2D eigenvalue weighted by molar-refractivity contribution is 6.88. The van der Waals surface area contributed by atoms with Gasteiger partial charge in [-0.05, 0) is 11.3 Å². The smallest absolute Gasteiger partial charge is 0.125 e. The molecule has 11 heavy (non-hydrogen) atoms. The molecule has 0 saturated heterocycles. The maximum Gasteiger partial charge on any atom is 0.125 e. The van der Waals surface area contributed by atoms with E-state index in [2.05, 4.69) is 24.6 Å². The van der Waals surface area contributed by atoms with E-state index in [-0.39, 0.29) is 5.82 Å². The Morgan fingerprint density at radius 3 is 2.36 bits per heavy atom. The summed E-state index contributed by atoms with van der Waals surface area (Å²) in [5, 5.41) is 0.806. The number of hydrogen-bond acceptors (Lipinski definition) is 1. The Kier molecular flexibility index (Phi) is 2.09. The van der Waals surface area contributed by atoms with E-state index < -0.39 is 8.07 Å². The molecule has 0 atom stereocenters. The first-order valence-electron chi connectivity index (χ1n) is 3.62. The van der Waals surface area contributed by atoms with Crippen molar-refractivity contribution in [3.8, 4) is 0 Å². The number of rotatable bonds is 1. The third kappa shape index (κ3) is 1.86. The van der Waals surface area contributed by atoms with Gasteiger partial charge in [0, 0.05) is 12.4 Å². The topological polar surface area (TPSA) is 12.9 Å². The van der Waals surface area contributed by atoms with Gasteiger partial charge in [0.2, 0.25) is 0 Å². The quantitative estimate of drug-likeness (QED) is 0.584. The molecule has 0 spiro atoms. The van der Waals surface area contributed by atoms with E-state index in [0.717, 1.165) is 5.19 Å². The van der Waals surface area contributed by atoms with Gasteiger partial charge in [0.05, 0.1) is 8.07 Å². The molecule has 1 aromatic rings. The zero-order valence-corrected chi connectivity index (χ0v) is 8.06. The maximum absolute atomic E-state index is 13.1. The van der Waals surface area contributed by atoms with Gasteiger partial charge in [-0.25, -0.2) is 4.39 Å². The highest BCUT2D eigenvalue weighted by Gasteiger charge is 2.20. The Hall–Kier alpha value is -0.703. The van der Waals surface area contributed by atoms with Crippen molar-refractivity contribution < 1.29 is 4.39 Å². The first kappa shape index (κ1) is 8.39. The Balaban J connectivity index is 3.14. The van der Waals surface area contributed by atoms with E-state index in [0.29, 0.717) is 0 Å². The first-order valence-corrected chi connectivity index (χ1v) is 7.12. The van der Waals surface area contributed by atoms with Gasteiger partial charge in [-0.1, -0.05) is 19.6 Å². The molecule has 0 radical (unpaired) electrons. The molecule has 1 aromatic heterocycles. The predicted octanol–water partition coefficient (Wildman–Crippen LogP) is 1.77. The Bertz CT molecular complexity index is 255. The summed E-state index contributed by atoms with van der Waals surface area (Å²) in [5.74, 6) is -0.112. The third-order valence-corrected chi connectivity index (χ3v) is 3.56. The van der Waals surface area contributed by atoms with Crippen molar-refractivity contribution >= 4 is 13.3 Å². The van der Waals surface area contributed by atoms with E-state index >= 15 is 0 Å². The van der Waals surface area contributed by atoms with Crippen LogP contribution in [0.5, 0.6) is 0 Å². The summed E-state index contributed by atoms with van der Waals surface area (Å²) in [6.45, 7) is 6.31. The summed E-state index contributed by atoms with van der Waals surface area (Å²) < 4.78 is 13.1. The standard InChI is InChI=1S/C8H12FNSi/c1-11(2,3)8-6-10-5-4-7(8)9/h4-6H,1-3H3. The SMILES string of the molecule is C[Si](C)(C)c1cnccc1F. The Labute approximate surface area is 67.3 Å². The second-order valence-electron chi connectivity index (χ2n) is 3.61. The van der Waals surface area contributed by atoms with Gasteiger partial charge in [-0.3, -0.25) is 4.98 Å². The van der Waals surface area contributed by atoms with E-state index in [1.807, 2.05) is 0 Å². The van der Waals surface area contributed by atoms with Gasteiger partial charge in [0.25, 0.3) is 0 Å². The fraction of sp³-hybridized carbons (Fsp3) is 0.375. The molecule has 60 valence electrons. The molecule has 0 bridgehead atoms. The highest BCUT2D eigenvalue weighted by atomic mass is 28.3. The number of nitrogens with zero attached hydrogens (tertiary/aromatic N) is 1. The van der Waals surface area contributed by atoms with Crippen molar-refractivity contribution in [2.24, 2.45) is 0 Å². The summed E-state index contributed by atoms with van der Waals surface area (Å²) in [4.78, 5) is 3.91. The Morgan fingerprint density at radius 2 is 2.00 bits per heavy atom. The molecule has 1 rings (SSSR count). The van der Waals surface area contributed by atoms with Crippen LogP contribution >= 0.6 is 0 Å². The van der Waals surface area contributed by atoms with Gasteiger partial charge < -0.3 is 0 Å². The van der Waals surface area contributed by atoms with Gasteiger partial charge in [-0.15, -0.1) is 0 Å². The lowest BCUT2D eigenvalue weighted by molar-refractivity contribution is 0.633. The summed E-state index contributed by atoms with van der Waals surface area (Å²) in [6.07, 6.45) is 3.13. The van der Waals surface area contributed by atoms with Crippen molar-refractivity contribution in [1.29, 1.82) is 0 Å². The van der Waals surface area contributed by atoms with Crippen molar-refractivity contribution in [3.05, 3.63) is 24.3 Å². The largest absolute Gasteiger partial charge is 0.265 e. The fourth-order valence-electron chi connectivity index (χ4n) is 0.929. The van der Waals surface area contributed by atoms with Crippen LogP contribution in [-0.4, -0.2) is 13.1 Å². The molecule has 0 fully saturated rings. The van der Waals surface area contributed by atoms with Crippen LogP contribution in [0.2, 0.25) is 19.6 Å². The Morgan fingerprint density at radius 1 is 1.36 bits per heavy atom. The van der Waals surface area contributed by atoms with Gasteiger partial charge in [0.15, 0.2) is 0 Å². The molecule has 1 nitrogen and oxygen atoms in total. The van der Waals surface area contributed by atoms with Gasteiger partial charge in [-0.2, -0.15) is 0 Å². The summed E-state index contributed by atoms with van der Waals surface area (Å²) in [7, 11) is -1.52. The molecule has 0 amide bonds. The normalized spacial score (nSPS) is 11.6. The van der Waals surface area contributed by atoms with Crippen molar-refractivity contribution in [1.82, 2.24) is 4.98 Å². The summed E-state index contributed by atoms with van der Waals surface area (Å²) in [5.41, 5.74) is 0. The van der Waals surface area contributed by atoms with Crippen LogP contribution in [-0.2, 0) is 0 Å². The molecule has 0 aromatic carbocycles. The molecule has 1 heterocycles. The molecule has 0 aliphatic rings. The lowest BCUT2D eigenvalue weighted by Gasteiger charge is -2.15. The minimum Gasteiger partial charge on any atom is -0.265 e. The van der Waals surface area contributed by atoms with Crippen LogP contribution in [0.25, 0.3) is 0 Å². The van der Waals surface area contributed by atoms with Crippen molar-refractivity contribution in [2.75, 3.05) is 0 Å². The van der Waals surface area contributed by atoms with E-state index in [1.54, 1.807) is 6.20 Å². The number of hydrogen-bond donors (Lipinski definition) is 0. The molecular weight excluding hydrogens is 157 g/mol. The van der Waals surface area contributed by atoms with Crippen molar-refractivity contribution in [2.45, 2.75) is 19.6 Å². The number of aromatic nitrogens is 1. The molecule has 0 saturated carbocycles. The van der Waals surface area contributed by atoms with Crippen LogP contribution in [0.3, 0.4) is 0 Å². The average Bonchev–Trinajstić information content (AvgIpc) is 1.86. The molecule has 0 N–H and O–H groups in total. The number of pyridine rings is 1. The first-order chi connectivity index (χ1) is 5.02. The monoisotopic (exact) mass is 169 g/mol. The van der Waals surface area contributed by atoms with E-state index in [1.165, 1.54) is 12.3 Å². The minimum absolute atomic E-state index is 0.112. The molecule has 0 aliphatic carbocycles. The van der Waals surface area contributed by atoms with Crippen molar-refractivity contribution in [3.63, 3.8) is 0 Å². The number of halogens is 1. The average molecular weight is 169 g/mol. The zero-order chi connectivity index (χ0) is 8.48. The minimum atomic E-state index is -1.52. The maximum atomic E-state index is 13.1. The molecule has 0 aliphatic heterocycles. The van der Waals surface area contributed by atoms with E-state index in [9.17, 15) is 4.39 Å². The predicted molar refractivity (Wildman–Crippen MR) is 47.2 cm³/mol. The summed E-state index contributed by atoms with van der Waals surface area (Å²) in [6, 6.07) is 1.42. The lowest BCUT2D eigenvalue weighted by Crippen LogP contribution is -2.40. The zero-order valence-electron chi connectivity index (χ0n) is 7.06. The second kappa shape index (κ2) is 2.74. The summed E-state index contributed by atoms with van der Waals surface area (Å²) >= 11 is 0. The molecular formula is C8H12FNSi. The molecule has 3 heteroatoms. The highest BCUT2D eigenvalue weighted by Crippen LogP contribution is 2.03. The van der Waals surface area contributed by atoms with E-state index in [4.69, 9.17) is 0 Å². The second-order valence-corrected chi connectivity index (χ2v) is 8.64.